The molecule has 2 aromatic heterocycles. The summed E-state index contributed by atoms with van der Waals surface area (Å²) in [6, 6.07) is 35.6. The Labute approximate surface area is 310 Å². The first-order chi connectivity index (χ1) is 25.4. The number of fused-ring (bicyclic) bond motifs is 2. The number of anilines is 2. The number of aromatic amines is 1. The van der Waals surface area contributed by atoms with E-state index in [0.29, 0.717) is 27.7 Å². The monoisotopic (exact) mass is 721 g/mol. The van der Waals surface area contributed by atoms with Crippen LogP contribution in [0.15, 0.2) is 126 Å². The van der Waals surface area contributed by atoms with Gasteiger partial charge in [-0.25, -0.2) is 0 Å². The van der Waals surface area contributed by atoms with E-state index >= 15 is 0 Å². The van der Waals surface area contributed by atoms with E-state index in [2.05, 4.69) is 33.9 Å². The Bertz CT molecular complexity index is 2340. The summed E-state index contributed by atoms with van der Waals surface area (Å²) in [6.07, 6.45) is 6.23. The van der Waals surface area contributed by atoms with Gasteiger partial charge < -0.3 is 20.9 Å². The summed E-state index contributed by atoms with van der Waals surface area (Å²) in [4.78, 5) is 46.3. The van der Waals surface area contributed by atoms with Crippen molar-refractivity contribution in [2.45, 2.75) is 36.3 Å². The molecule has 258 valence electrons. The number of nitrogens with one attached hydrogen (secondary N) is 4. The van der Waals surface area contributed by atoms with Gasteiger partial charge in [-0.15, -0.1) is 23.1 Å². The Morgan fingerprint density at radius 1 is 0.942 bits per heavy atom. The molecule has 10 heteroatoms. The van der Waals surface area contributed by atoms with E-state index in [1.165, 1.54) is 28.0 Å². The Morgan fingerprint density at radius 2 is 1.69 bits per heavy atom. The van der Waals surface area contributed by atoms with Crippen LogP contribution in [0.5, 0.6) is 0 Å². The normalized spacial score (nSPS) is 14.5. The summed E-state index contributed by atoms with van der Waals surface area (Å²) >= 11 is 2.86. The molecular weight excluding hydrogens is 687 g/mol. The Hall–Kier alpha value is -5.89. The summed E-state index contributed by atoms with van der Waals surface area (Å²) in [6.45, 7) is 2.22. The summed E-state index contributed by atoms with van der Waals surface area (Å²) in [5.41, 5.74) is 5.07. The zero-order valence-electron chi connectivity index (χ0n) is 28.3. The number of nitriles is 1. The predicted molar refractivity (Wildman–Crippen MR) is 209 cm³/mol. The number of hydrogen-bond donors (Lipinski definition) is 4. The fourth-order valence-electron chi connectivity index (χ4n) is 6.33. The van der Waals surface area contributed by atoms with Crippen LogP contribution < -0.4 is 16.0 Å². The minimum absolute atomic E-state index is 0.0690. The van der Waals surface area contributed by atoms with Gasteiger partial charge in [0.05, 0.1) is 5.56 Å². The summed E-state index contributed by atoms with van der Waals surface area (Å²) in [7, 11) is 0. The van der Waals surface area contributed by atoms with Crippen LogP contribution in [0.1, 0.15) is 56.1 Å². The third kappa shape index (κ3) is 7.71. The van der Waals surface area contributed by atoms with E-state index in [4.69, 9.17) is 0 Å². The molecule has 0 saturated carbocycles. The molecule has 0 saturated heterocycles. The molecule has 8 nitrogen and oxygen atoms in total. The Morgan fingerprint density at radius 3 is 2.48 bits per heavy atom. The number of carbonyl (C=O) groups excluding carboxylic acids is 3. The molecule has 2 atom stereocenters. The number of benzene rings is 4. The number of nitrogens with zero attached hydrogens (tertiary/aromatic N) is 1. The largest absolute Gasteiger partial charge is 0.361 e. The minimum atomic E-state index is -0.640. The van der Waals surface area contributed by atoms with Gasteiger partial charge in [0.1, 0.15) is 22.0 Å². The standard InChI is InChI=1S/C42H35N5O3S2/c1-26-19-20-33-34(24-43)42(52-37(33)21-26)47-41(50)38(27-11-4-2-5-12-27)51-31-16-10-15-30(23-31)45-40(49)36(46-39(48)28-13-6-3-7-14-28)22-29-25-44-35-18-9-8-17-32(29)35/h2-18,22-23,25-26,38,44H,19-21H2,1H3,(H,45,49)(H,46,48)(H,47,50)/b36-22-. The number of amides is 3. The maximum atomic E-state index is 14.0. The molecule has 2 unspecified atom stereocenters. The second-order valence-electron chi connectivity index (χ2n) is 12.7. The first kappa shape index (κ1) is 34.6. The van der Waals surface area contributed by atoms with E-state index in [-0.39, 0.29) is 11.6 Å². The molecular formula is C42H35N5O3S2. The highest BCUT2D eigenvalue weighted by atomic mass is 32.2. The summed E-state index contributed by atoms with van der Waals surface area (Å²) in [5.74, 6) is -0.610. The van der Waals surface area contributed by atoms with Gasteiger partial charge >= 0.3 is 0 Å². The SMILES string of the molecule is CC1CCc2c(sc(NC(=O)C(Sc3cccc(NC(=O)/C(=C/c4c[nH]c5ccccc45)NC(=O)c4ccccc4)c3)c3ccccc3)c2C#N)C1. The maximum Gasteiger partial charge on any atom is 0.272 e. The third-order valence-electron chi connectivity index (χ3n) is 9.00. The predicted octanol–water partition coefficient (Wildman–Crippen LogP) is 9.11. The lowest BCUT2D eigenvalue weighted by atomic mass is 9.88. The molecule has 1 aliphatic rings. The van der Waals surface area contributed by atoms with Crippen molar-refractivity contribution in [1.82, 2.24) is 10.3 Å². The van der Waals surface area contributed by atoms with Crippen molar-refractivity contribution in [1.29, 1.82) is 5.26 Å². The molecule has 2 heterocycles. The van der Waals surface area contributed by atoms with Crippen molar-refractivity contribution in [2.75, 3.05) is 10.6 Å². The molecule has 52 heavy (non-hydrogen) atoms. The molecule has 0 fully saturated rings. The zero-order chi connectivity index (χ0) is 36.0. The lowest BCUT2D eigenvalue weighted by molar-refractivity contribution is -0.116. The average Bonchev–Trinajstić information content (AvgIpc) is 3.74. The maximum absolute atomic E-state index is 14.0. The molecule has 6 aromatic rings. The second-order valence-corrected chi connectivity index (χ2v) is 15.0. The number of rotatable bonds is 10. The highest BCUT2D eigenvalue weighted by Crippen LogP contribution is 2.42. The smallest absolute Gasteiger partial charge is 0.272 e. The van der Waals surface area contributed by atoms with E-state index in [9.17, 15) is 19.6 Å². The number of thioether (sulfide) groups is 1. The van der Waals surface area contributed by atoms with E-state index in [1.807, 2.05) is 72.8 Å². The fraction of sp³-hybridized carbons (Fsp3) is 0.143. The van der Waals surface area contributed by atoms with Crippen LogP contribution in [0, 0.1) is 17.2 Å². The highest BCUT2D eigenvalue weighted by Gasteiger charge is 2.28. The van der Waals surface area contributed by atoms with Crippen molar-refractivity contribution < 1.29 is 14.4 Å². The van der Waals surface area contributed by atoms with Crippen LogP contribution >= 0.6 is 23.1 Å². The number of aromatic nitrogens is 1. The number of H-pyrrole nitrogens is 1. The van der Waals surface area contributed by atoms with Crippen LogP contribution in [0.4, 0.5) is 10.7 Å². The second kappa shape index (κ2) is 15.6. The van der Waals surface area contributed by atoms with Crippen LogP contribution in [0.2, 0.25) is 0 Å². The van der Waals surface area contributed by atoms with Crippen molar-refractivity contribution in [3.8, 4) is 6.07 Å². The molecule has 4 aromatic carbocycles. The first-order valence-electron chi connectivity index (χ1n) is 17.0. The van der Waals surface area contributed by atoms with E-state index < -0.39 is 17.1 Å². The molecule has 0 bridgehead atoms. The van der Waals surface area contributed by atoms with Gasteiger partial charge in [-0.2, -0.15) is 5.26 Å². The fourth-order valence-corrected chi connectivity index (χ4v) is 8.78. The molecule has 0 aliphatic heterocycles. The van der Waals surface area contributed by atoms with Gasteiger partial charge in [0, 0.05) is 43.7 Å². The van der Waals surface area contributed by atoms with Gasteiger partial charge in [-0.1, -0.05) is 79.7 Å². The van der Waals surface area contributed by atoms with Crippen LogP contribution in [0.25, 0.3) is 17.0 Å². The van der Waals surface area contributed by atoms with Crippen molar-refractivity contribution in [2.24, 2.45) is 5.92 Å². The van der Waals surface area contributed by atoms with Gasteiger partial charge in [0.15, 0.2) is 0 Å². The van der Waals surface area contributed by atoms with Crippen LogP contribution in [-0.4, -0.2) is 22.7 Å². The summed E-state index contributed by atoms with van der Waals surface area (Å²) < 4.78 is 0. The molecule has 7 rings (SSSR count). The van der Waals surface area contributed by atoms with Crippen LogP contribution in [-0.2, 0) is 22.4 Å². The molecule has 3 amide bonds. The van der Waals surface area contributed by atoms with E-state index in [0.717, 1.165) is 51.8 Å². The number of carbonyl (C=O) groups is 3. The van der Waals surface area contributed by atoms with Gasteiger partial charge in [-0.05, 0) is 78.8 Å². The number of hydrogen-bond acceptors (Lipinski definition) is 6. The lowest BCUT2D eigenvalue weighted by Gasteiger charge is -2.18. The lowest BCUT2D eigenvalue weighted by Crippen LogP contribution is -2.30. The quantitative estimate of drug-likeness (QED) is 0.0829. The van der Waals surface area contributed by atoms with Gasteiger partial charge in [0.25, 0.3) is 11.8 Å². The van der Waals surface area contributed by atoms with E-state index in [1.54, 1.807) is 48.7 Å². The van der Waals surface area contributed by atoms with Crippen molar-refractivity contribution in [3.63, 3.8) is 0 Å². The van der Waals surface area contributed by atoms with Crippen LogP contribution in [0.3, 0.4) is 0 Å². The van der Waals surface area contributed by atoms with Crippen molar-refractivity contribution >= 4 is 68.5 Å². The first-order valence-corrected chi connectivity index (χ1v) is 18.7. The van der Waals surface area contributed by atoms with Crippen molar-refractivity contribution in [3.05, 3.63) is 154 Å². The average molecular weight is 722 g/mol. The summed E-state index contributed by atoms with van der Waals surface area (Å²) in [5, 5.41) is 19.8. The number of thiophene rings is 1. The topological polar surface area (TPSA) is 127 Å². The molecule has 0 radical (unpaired) electrons. The van der Waals surface area contributed by atoms with Gasteiger partial charge in [0.2, 0.25) is 5.91 Å². The Balaban J connectivity index is 1.14. The number of para-hydroxylation sites is 1. The zero-order valence-corrected chi connectivity index (χ0v) is 29.9. The molecule has 0 spiro atoms. The highest BCUT2D eigenvalue weighted by molar-refractivity contribution is 8.00. The third-order valence-corrected chi connectivity index (χ3v) is 11.4. The minimum Gasteiger partial charge on any atom is -0.361 e. The molecule has 1 aliphatic carbocycles. The Kier molecular flexibility index (Phi) is 10.3. The van der Waals surface area contributed by atoms with Gasteiger partial charge in [-0.3, -0.25) is 14.4 Å². The molecule has 4 N–H and O–H groups in total.